The molecule has 2 atom stereocenters. The minimum absolute atomic E-state index is 0.00672. The van der Waals surface area contributed by atoms with Crippen LogP contribution < -0.4 is 11.4 Å². The fourth-order valence-corrected chi connectivity index (χ4v) is 7.57. The molecule has 1 aliphatic rings. The molecule has 0 spiro atoms. The van der Waals surface area contributed by atoms with Gasteiger partial charge in [0, 0.05) is 23.5 Å². The molecule has 3 heterocycles. The molecule has 0 radical (unpaired) electrons. The van der Waals surface area contributed by atoms with Crippen molar-refractivity contribution >= 4 is 49.1 Å². The number of hydrogen-bond donors (Lipinski definition) is 1. The second kappa shape index (κ2) is 8.87. The molecule has 1 saturated heterocycles. The summed E-state index contributed by atoms with van der Waals surface area (Å²) in [5.74, 6) is 6.00. The lowest BCUT2D eigenvalue weighted by molar-refractivity contribution is -0.131. The van der Waals surface area contributed by atoms with Crippen LogP contribution in [0.25, 0.3) is 21.3 Å². The van der Waals surface area contributed by atoms with Gasteiger partial charge in [-0.25, -0.2) is 18.1 Å². The maximum atomic E-state index is 13.1. The SMILES string of the molecule is CCN(C(=O)C(C)Sc1nc2scc(-c3ccccc3)c2c(=O)n1N)C1CCS(=O)(=O)C1. The van der Waals surface area contributed by atoms with E-state index in [1.54, 1.807) is 11.8 Å². The van der Waals surface area contributed by atoms with Crippen molar-refractivity contribution in [2.24, 2.45) is 0 Å². The van der Waals surface area contributed by atoms with Crippen LogP contribution in [0.3, 0.4) is 0 Å². The molecule has 2 N–H and O–H groups in total. The number of aromatic nitrogens is 2. The zero-order chi connectivity index (χ0) is 23.0. The number of rotatable bonds is 6. The molecule has 3 aromatic rings. The van der Waals surface area contributed by atoms with E-state index in [4.69, 9.17) is 5.84 Å². The van der Waals surface area contributed by atoms with Crippen LogP contribution in [0.4, 0.5) is 0 Å². The molecule has 11 heteroatoms. The van der Waals surface area contributed by atoms with Crippen molar-refractivity contribution in [2.75, 3.05) is 23.9 Å². The minimum atomic E-state index is -3.10. The number of sulfone groups is 1. The van der Waals surface area contributed by atoms with Crippen molar-refractivity contribution in [2.45, 2.75) is 36.7 Å². The molecule has 0 saturated carbocycles. The first-order valence-corrected chi connectivity index (χ1v) is 13.8. The van der Waals surface area contributed by atoms with Crippen molar-refractivity contribution in [3.63, 3.8) is 0 Å². The zero-order valence-electron chi connectivity index (χ0n) is 17.7. The van der Waals surface area contributed by atoms with Crippen molar-refractivity contribution in [1.82, 2.24) is 14.6 Å². The number of fused-ring (bicyclic) bond motifs is 1. The Morgan fingerprint density at radius 1 is 1.38 bits per heavy atom. The maximum Gasteiger partial charge on any atom is 0.282 e. The Bertz CT molecular complexity index is 1320. The molecule has 8 nitrogen and oxygen atoms in total. The summed E-state index contributed by atoms with van der Waals surface area (Å²) in [6, 6.07) is 9.24. The number of thioether (sulfide) groups is 1. The van der Waals surface area contributed by atoms with E-state index in [1.807, 2.05) is 42.6 Å². The molecule has 0 aliphatic carbocycles. The Labute approximate surface area is 194 Å². The monoisotopic (exact) mass is 492 g/mol. The molecule has 1 fully saturated rings. The van der Waals surface area contributed by atoms with Crippen LogP contribution >= 0.6 is 23.1 Å². The van der Waals surface area contributed by atoms with Crippen molar-refractivity contribution < 1.29 is 13.2 Å². The van der Waals surface area contributed by atoms with Gasteiger partial charge in [0.2, 0.25) is 5.91 Å². The summed E-state index contributed by atoms with van der Waals surface area (Å²) in [6.07, 6.45) is 0.447. The normalized spacial score (nSPS) is 18.6. The summed E-state index contributed by atoms with van der Waals surface area (Å²) in [4.78, 5) is 32.9. The molecular formula is C21H24N4O4S3. The first kappa shape index (κ1) is 22.8. The number of benzene rings is 1. The van der Waals surface area contributed by atoms with Gasteiger partial charge in [-0.3, -0.25) is 9.59 Å². The van der Waals surface area contributed by atoms with Crippen molar-refractivity contribution in [3.8, 4) is 11.1 Å². The number of nitrogen functional groups attached to an aromatic ring is 1. The molecule has 170 valence electrons. The zero-order valence-corrected chi connectivity index (χ0v) is 20.2. The summed E-state index contributed by atoms with van der Waals surface area (Å²) in [6.45, 7) is 3.97. The standard InChI is InChI=1S/C21H24N4O4S3/c1-3-24(15-9-10-32(28,29)12-15)19(26)13(2)31-21-23-18-17(20(27)25(21)22)16(11-30-18)14-7-5-4-6-8-14/h4-8,11,13,15H,3,9-10,12,22H2,1-2H3. The summed E-state index contributed by atoms with van der Waals surface area (Å²) < 4.78 is 24.7. The van der Waals surface area contributed by atoms with Gasteiger partial charge in [0.1, 0.15) is 4.83 Å². The van der Waals surface area contributed by atoms with Gasteiger partial charge in [-0.1, -0.05) is 42.1 Å². The smallest absolute Gasteiger partial charge is 0.282 e. The van der Waals surface area contributed by atoms with Crippen LogP contribution in [0.1, 0.15) is 20.3 Å². The maximum absolute atomic E-state index is 13.1. The van der Waals surface area contributed by atoms with Gasteiger partial charge < -0.3 is 10.7 Å². The number of amides is 1. The van der Waals surface area contributed by atoms with Gasteiger partial charge in [-0.2, -0.15) is 0 Å². The van der Waals surface area contributed by atoms with Gasteiger partial charge in [-0.05, 0) is 25.8 Å². The van der Waals surface area contributed by atoms with Crippen LogP contribution in [0.15, 0.2) is 45.7 Å². The highest BCUT2D eigenvalue weighted by molar-refractivity contribution is 8.00. The molecule has 1 amide bonds. The third kappa shape index (κ3) is 4.28. The van der Waals surface area contributed by atoms with Crippen LogP contribution in [0, 0.1) is 0 Å². The van der Waals surface area contributed by atoms with Gasteiger partial charge in [0.15, 0.2) is 15.0 Å². The molecular weight excluding hydrogens is 468 g/mol. The van der Waals surface area contributed by atoms with Gasteiger partial charge in [0.05, 0.1) is 22.1 Å². The van der Waals surface area contributed by atoms with Crippen molar-refractivity contribution in [1.29, 1.82) is 0 Å². The highest BCUT2D eigenvalue weighted by Crippen LogP contribution is 2.32. The van der Waals surface area contributed by atoms with E-state index in [2.05, 4.69) is 4.98 Å². The molecule has 1 aliphatic heterocycles. The topological polar surface area (TPSA) is 115 Å². The number of thiophene rings is 1. The van der Waals surface area contributed by atoms with Gasteiger partial charge in [0.25, 0.3) is 5.56 Å². The minimum Gasteiger partial charge on any atom is -0.338 e. The van der Waals surface area contributed by atoms with Gasteiger partial charge in [-0.15, -0.1) is 11.3 Å². The average molecular weight is 493 g/mol. The number of nitrogens with two attached hydrogens (primary N) is 1. The number of hydrogen-bond acceptors (Lipinski definition) is 8. The molecule has 2 aromatic heterocycles. The second-order valence-electron chi connectivity index (χ2n) is 7.71. The van der Waals surface area contributed by atoms with E-state index in [1.165, 1.54) is 11.3 Å². The average Bonchev–Trinajstić information content (AvgIpc) is 3.35. The second-order valence-corrected chi connectivity index (χ2v) is 12.1. The van der Waals surface area contributed by atoms with Crippen LogP contribution in [-0.2, 0) is 14.6 Å². The quantitative estimate of drug-likeness (QED) is 0.319. The third-order valence-electron chi connectivity index (χ3n) is 5.60. The highest BCUT2D eigenvalue weighted by atomic mass is 32.2. The lowest BCUT2D eigenvalue weighted by atomic mass is 10.1. The Kier molecular flexibility index (Phi) is 6.33. The first-order valence-electron chi connectivity index (χ1n) is 10.2. The summed E-state index contributed by atoms with van der Waals surface area (Å²) in [7, 11) is -3.10. The Morgan fingerprint density at radius 3 is 2.72 bits per heavy atom. The number of nitrogens with zero attached hydrogens (tertiary/aromatic N) is 3. The predicted octanol–water partition coefficient (Wildman–Crippen LogP) is 2.36. The van der Waals surface area contributed by atoms with E-state index >= 15 is 0 Å². The molecule has 4 rings (SSSR count). The van der Waals surface area contributed by atoms with E-state index < -0.39 is 15.1 Å². The van der Waals surface area contributed by atoms with Gasteiger partial charge >= 0.3 is 0 Å². The van der Waals surface area contributed by atoms with Crippen LogP contribution in [0.2, 0.25) is 0 Å². The molecule has 32 heavy (non-hydrogen) atoms. The summed E-state index contributed by atoms with van der Waals surface area (Å²) in [5.41, 5.74) is 1.32. The Hall–Kier alpha value is -2.37. The lowest BCUT2D eigenvalue weighted by Gasteiger charge is -2.29. The lowest BCUT2D eigenvalue weighted by Crippen LogP contribution is -2.44. The summed E-state index contributed by atoms with van der Waals surface area (Å²) >= 11 is 2.46. The largest absolute Gasteiger partial charge is 0.338 e. The molecule has 1 aromatic carbocycles. The van der Waals surface area contributed by atoms with Crippen molar-refractivity contribution in [3.05, 3.63) is 46.1 Å². The van der Waals surface area contributed by atoms with E-state index in [0.29, 0.717) is 23.2 Å². The van der Waals surface area contributed by atoms with Crippen LogP contribution in [0.5, 0.6) is 0 Å². The Morgan fingerprint density at radius 2 is 2.09 bits per heavy atom. The first-order chi connectivity index (χ1) is 15.2. The highest BCUT2D eigenvalue weighted by Gasteiger charge is 2.35. The fraction of sp³-hybridized carbons (Fsp3) is 0.381. The van der Waals surface area contributed by atoms with E-state index in [9.17, 15) is 18.0 Å². The molecule has 0 bridgehead atoms. The van der Waals surface area contributed by atoms with Crippen LogP contribution in [-0.4, -0.2) is 58.2 Å². The predicted molar refractivity (Wildman–Crippen MR) is 129 cm³/mol. The molecule has 2 unspecified atom stereocenters. The van der Waals surface area contributed by atoms with E-state index in [0.717, 1.165) is 27.6 Å². The van der Waals surface area contributed by atoms with E-state index in [-0.39, 0.29) is 34.2 Å². The summed E-state index contributed by atoms with van der Waals surface area (Å²) in [5, 5.41) is 2.01. The Balaban J connectivity index is 1.61. The third-order valence-corrected chi connectivity index (χ3v) is 9.27. The number of carbonyl (C=O) groups excluding carboxylic acids is 1. The fourth-order valence-electron chi connectivity index (χ4n) is 3.96. The number of carbonyl (C=O) groups is 1.